The van der Waals surface area contributed by atoms with Gasteiger partial charge in [0.15, 0.2) is 0 Å². The molecule has 0 bridgehead atoms. The van der Waals surface area contributed by atoms with Crippen molar-refractivity contribution in [1.29, 1.82) is 0 Å². The van der Waals surface area contributed by atoms with Gasteiger partial charge in [0.25, 0.3) is 0 Å². The van der Waals surface area contributed by atoms with Crippen LogP contribution >= 0.6 is 0 Å². The lowest BCUT2D eigenvalue weighted by molar-refractivity contribution is -0.141. The van der Waals surface area contributed by atoms with Gasteiger partial charge in [0.05, 0.1) is 17.9 Å². The number of amides is 3. The Labute approximate surface area is 123 Å². The van der Waals surface area contributed by atoms with E-state index in [1.54, 1.807) is 4.90 Å². The van der Waals surface area contributed by atoms with Crippen LogP contribution in [-0.4, -0.2) is 53.1 Å². The Bertz CT molecular complexity index is 467. The second-order valence-corrected chi connectivity index (χ2v) is 6.25. The summed E-state index contributed by atoms with van der Waals surface area (Å²) in [5, 5.41) is 14.8. The van der Waals surface area contributed by atoms with E-state index in [2.05, 4.69) is 10.6 Å². The first kappa shape index (κ1) is 14.2. The topological polar surface area (TPSA) is 98.7 Å². The summed E-state index contributed by atoms with van der Waals surface area (Å²) in [7, 11) is 0. The molecule has 4 atom stereocenters. The Kier molecular flexibility index (Phi) is 3.73. The van der Waals surface area contributed by atoms with Crippen LogP contribution in [0.4, 0.5) is 4.79 Å². The maximum absolute atomic E-state index is 12.4. The average Bonchev–Trinajstić information content (AvgIpc) is 3.06. The van der Waals surface area contributed by atoms with Crippen molar-refractivity contribution in [2.75, 3.05) is 13.1 Å². The molecular formula is C14H21N3O4. The van der Waals surface area contributed by atoms with E-state index in [-0.39, 0.29) is 35.9 Å². The lowest BCUT2D eigenvalue weighted by atomic mass is 9.92. The molecule has 3 rings (SSSR count). The molecule has 0 aromatic rings. The highest BCUT2D eigenvalue weighted by atomic mass is 16.4. The Morgan fingerprint density at radius 2 is 2.10 bits per heavy atom. The molecule has 2 aliphatic heterocycles. The van der Waals surface area contributed by atoms with Crippen LogP contribution in [0.3, 0.4) is 0 Å². The van der Waals surface area contributed by atoms with Gasteiger partial charge in [-0.15, -0.1) is 0 Å². The molecule has 7 heteroatoms. The molecule has 2 heterocycles. The molecule has 2 saturated heterocycles. The molecule has 1 saturated carbocycles. The van der Waals surface area contributed by atoms with Crippen LogP contribution in [0.2, 0.25) is 0 Å². The van der Waals surface area contributed by atoms with E-state index >= 15 is 0 Å². The minimum atomic E-state index is -0.782. The highest BCUT2D eigenvalue weighted by Gasteiger charge is 2.43. The summed E-state index contributed by atoms with van der Waals surface area (Å²) in [4.78, 5) is 36.8. The Hall–Kier alpha value is -1.79. The summed E-state index contributed by atoms with van der Waals surface area (Å²) in [5.41, 5.74) is 0. The number of urea groups is 1. The standard InChI is InChI=1S/C14H21N3O4/c18-12-10-2-1-5-17(11(10)7-15-12)14(21)16-9-4-3-8(6-9)13(19)20/h8-11H,1-7H2,(H,15,18)(H,16,21)(H,19,20). The number of carboxylic acid groups (broad SMARTS) is 1. The largest absolute Gasteiger partial charge is 0.481 e. The smallest absolute Gasteiger partial charge is 0.317 e. The quantitative estimate of drug-likeness (QED) is 0.676. The number of piperidine rings is 1. The number of hydrogen-bond acceptors (Lipinski definition) is 3. The summed E-state index contributed by atoms with van der Waals surface area (Å²) in [6.45, 7) is 1.19. The molecule has 4 unspecified atom stereocenters. The normalized spacial score (nSPS) is 35.2. The monoisotopic (exact) mass is 295 g/mol. The maximum Gasteiger partial charge on any atom is 0.317 e. The number of fused-ring (bicyclic) bond motifs is 1. The molecule has 0 aromatic heterocycles. The van der Waals surface area contributed by atoms with Crippen molar-refractivity contribution in [1.82, 2.24) is 15.5 Å². The number of hydrogen-bond donors (Lipinski definition) is 3. The van der Waals surface area contributed by atoms with Crippen LogP contribution in [-0.2, 0) is 9.59 Å². The van der Waals surface area contributed by atoms with Gasteiger partial charge in [0, 0.05) is 19.1 Å². The molecule has 3 amide bonds. The third-order valence-corrected chi connectivity index (χ3v) is 4.97. The first-order valence-corrected chi connectivity index (χ1v) is 7.64. The number of aliphatic carboxylic acids is 1. The van der Waals surface area contributed by atoms with Crippen molar-refractivity contribution in [3.63, 3.8) is 0 Å². The fourth-order valence-electron chi connectivity index (χ4n) is 3.80. The summed E-state index contributed by atoms with van der Waals surface area (Å²) >= 11 is 0. The molecule has 3 aliphatic rings. The average molecular weight is 295 g/mol. The van der Waals surface area contributed by atoms with Crippen LogP contribution in [0, 0.1) is 11.8 Å². The van der Waals surface area contributed by atoms with Gasteiger partial charge in [0.2, 0.25) is 5.91 Å². The Balaban J connectivity index is 1.58. The highest BCUT2D eigenvalue weighted by Crippen LogP contribution is 2.29. The zero-order chi connectivity index (χ0) is 15.0. The van der Waals surface area contributed by atoms with E-state index in [9.17, 15) is 14.4 Å². The van der Waals surface area contributed by atoms with Gasteiger partial charge in [-0.25, -0.2) is 4.79 Å². The van der Waals surface area contributed by atoms with E-state index in [0.29, 0.717) is 32.4 Å². The van der Waals surface area contributed by atoms with Crippen LogP contribution in [0.25, 0.3) is 0 Å². The molecule has 7 nitrogen and oxygen atoms in total. The molecule has 1 aliphatic carbocycles. The minimum Gasteiger partial charge on any atom is -0.481 e. The van der Waals surface area contributed by atoms with Crippen molar-refractivity contribution in [3.8, 4) is 0 Å². The van der Waals surface area contributed by atoms with Gasteiger partial charge in [-0.2, -0.15) is 0 Å². The molecule has 21 heavy (non-hydrogen) atoms. The molecule has 3 N–H and O–H groups in total. The molecule has 0 radical (unpaired) electrons. The zero-order valence-electron chi connectivity index (χ0n) is 11.9. The number of carboxylic acids is 1. The number of likely N-dealkylation sites (tertiary alicyclic amines) is 1. The van der Waals surface area contributed by atoms with Gasteiger partial charge in [0.1, 0.15) is 0 Å². The summed E-state index contributed by atoms with van der Waals surface area (Å²) in [6.07, 6.45) is 3.50. The second kappa shape index (κ2) is 5.54. The van der Waals surface area contributed by atoms with E-state index < -0.39 is 5.97 Å². The second-order valence-electron chi connectivity index (χ2n) is 6.25. The predicted octanol–water partition coefficient (Wildman–Crippen LogP) is 0.160. The van der Waals surface area contributed by atoms with Crippen LogP contribution in [0.15, 0.2) is 0 Å². The molecule has 116 valence electrons. The number of nitrogens with one attached hydrogen (secondary N) is 2. The van der Waals surface area contributed by atoms with Crippen LogP contribution < -0.4 is 10.6 Å². The van der Waals surface area contributed by atoms with Crippen molar-refractivity contribution >= 4 is 17.9 Å². The third-order valence-electron chi connectivity index (χ3n) is 4.97. The highest BCUT2D eigenvalue weighted by molar-refractivity contribution is 5.84. The van der Waals surface area contributed by atoms with Crippen LogP contribution in [0.5, 0.6) is 0 Å². The lowest BCUT2D eigenvalue weighted by Crippen LogP contribution is -2.54. The molecule has 0 spiro atoms. The van der Waals surface area contributed by atoms with Crippen LogP contribution in [0.1, 0.15) is 32.1 Å². The maximum atomic E-state index is 12.4. The van der Waals surface area contributed by atoms with E-state index in [4.69, 9.17) is 5.11 Å². The first-order valence-electron chi connectivity index (χ1n) is 7.64. The fourth-order valence-corrected chi connectivity index (χ4v) is 3.80. The Morgan fingerprint density at radius 3 is 2.81 bits per heavy atom. The van der Waals surface area contributed by atoms with Crippen molar-refractivity contribution in [3.05, 3.63) is 0 Å². The number of nitrogens with zero attached hydrogens (tertiary/aromatic N) is 1. The van der Waals surface area contributed by atoms with Gasteiger partial charge in [-0.3, -0.25) is 9.59 Å². The van der Waals surface area contributed by atoms with Gasteiger partial charge < -0.3 is 20.6 Å². The first-order chi connectivity index (χ1) is 10.1. The van der Waals surface area contributed by atoms with Crippen molar-refractivity contribution < 1.29 is 19.5 Å². The van der Waals surface area contributed by atoms with Gasteiger partial charge in [-0.1, -0.05) is 0 Å². The number of carbonyl (C=O) groups excluding carboxylic acids is 2. The molecular weight excluding hydrogens is 274 g/mol. The lowest BCUT2D eigenvalue weighted by Gasteiger charge is -2.36. The van der Waals surface area contributed by atoms with E-state index in [1.807, 2.05) is 0 Å². The van der Waals surface area contributed by atoms with Gasteiger partial charge >= 0.3 is 12.0 Å². The third kappa shape index (κ3) is 2.69. The SMILES string of the molecule is O=C(O)C1CCC(NC(=O)N2CCCC3C(=O)NCC32)C1. The predicted molar refractivity (Wildman–Crippen MR) is 73.5 cm³/mol. The van der Waals surface area contributed by atoms with Crippen molar-refractivity contribution in [2.45, 2.75) is 44.2 Å². The minimum absolute atomic E-state index is 0.0457. The summed E-state index contributed by atoms with van der Waals surface area (Å²) in [5.74, 6) is -1.17. The molecule has 3 fully saturated rings. The number of rotatable bonds is 2. The summed E-state index contributed by atoms with van der Waals surface area (Å²) < 4.78 is 0. The van der Waals surface area contributed by atoms with E-state index in [0.717, 1.165) is 12.8 Å². The fraction of sp³-hybridized carbons (Fsp3) is 0.786. The van der Waals surface area contributed by atoms with E-state index in [1.165, 1.54) is 0 Å². The van der Waals surface area contributed by atoms with Crippen molar-refractivity contribution in [2.24, 2.45) is 11.8 Å². The number of carbonyl (C=O) groups is 3. The van der Waals surface area contributed by atoms with Gasteiger partial charge in [-0.05, 0) is 32.1 Å². The summed E-state index contributed by atoms with van der Waals surface area (Å²) in [6, 6.07) is -0.274. The zero-order valence-corrected chi connectivity index (χ0v) is 11.9. The molecule has 0 aromatic carbocycles. The Morgan fingerprint density at radius 1 is 1.29 bits per heavy atom.